The topological polar surface area (TPSA) is 3.24 Å². The Balaban J connectivity index is 1.66. The van der Waals surface area contributed by atoms with Crippen LogP contribution in [0.3, 0.4) is 0 Å². The van der Waals surface area contributed by atoms with E-state index in [1.165, 1.54) is 48.8 Å². The highest BCUT2D eigenvalue weighted by molar-refractivity contribution is 9.10. The quantitative estimate of drug-likeness (QED) is 0.782. The molecule has 2 heteroatoms. The van der Waals surface area contributed by atoms with Gasteiger partial charge in [-0.05, 0) is 42.9 Å². The monoisotopic (exact) mass is 293 g/mol. The summed E-state index contributed by atoms with van der Waals surface area (Å²) in [5.41, 5.74) is 2.15. The van der Waals surface area contributed by atoms with Gasteiger partial charge < -0.3 is 0 Å². The third-order valence-corrected chi connectivity index (χ3v) is 5.11. The number of hydrogen-bond donors (Lipinski definition) is 0. The summed E-state index contributed by atoms with van der Waals surface area (Å²) in [7, 11) is 0. The summed E-state index contributed by atoms with van der Waals surface area (Å²) in [5.74, 6) is 0. The molecule has 17 heavy (non-hydrogen) atoms. The van der Waals surface area contributed by atoms with Crippen LogP contribution in [0.5, 0.6) is 0 Å². The lowest BCUT2D eigenvalue weighted by molar-refractivity contribution is -0.0227. The van der Waals surface area contributed by atoms with E-state index < -0.39 is 0 Å². The van der Waals surface area contributed by atoms with Gasteiger partial charge in [0.15, 0.2) is 0 Å². The van der Waals surface area contributed by atoms with Crippen LogP contribution in [0.1, 0.15) is 44.2 Å². The van der Waals surface area contributed by atoms with Gasteiger partial charge in [-0.3, -0.25) is 4.90 Å². The largest absolute Gasteiger partial charge is 0.295 e. The van der Waals surface area contributed by atoms with Crippen molar-refractivity contribution in [3.8, 4) is 0 Å². The first-order valence-electron chi connectivity index (χ1n) is 6.68. The van der Waals surface area contributed by atoms with Gasteiger partial charge in [-0.1, -0.05) is 40.9 Å². The normalized spacial score (nSPS) is 24.8. The Morgan fingerprint density at radius 2 is 1.94 bits per heavy atom. The lowest BCUT2D eigenvalue weighted by Crippen LogP contribution is -2.55. The molecule has 3 rings (SSSR count). The van der Waals surface area contributed by atoms with Crippen LogP contribution < -0.4 is 0 Å². The Kier molecular flexibility index (Phi) is 3.04. The molecule has 1 unspecified atom stereocenters. The number of halogens is 1. The fourth-order valence-corrected chi connectivity index (χ4v) is 3.92. The zero-order valence-electron chi connectivity index (χ0n) is 10.5. The Hall–Kier alpha value is -0.340. The van der Waals surface area contributed by atoms with E-state index in [9.17, 15) is 0 Å². The molecular formula is C15H20BrN. The van der Waals surface area contributed by atoms with E-state index in [2.05, 4.69) is 52.0 Å². The van der Waals surface area contributed by atoms with Crippen molar-refractivity contribution in [2.75, 3.05) is 13.1 Å². The lowest BCUT2D eigenvalue weighted by atomic mass is 9.77. The summed E-state index contributed by atoms with van der Waals surface area (Å²) < 4.78 is 1.19. The summed E-state index contributed by atoms with van der Waals surface area (Å²) in [6, 6.07) is 9.31. The smallest absolute Gasteiger partial charge is 0.0320 e. The van der Waals surface area contributed by atoms with E-state index in [-0.39, 0.29) is 0 Å². The molecule has 1 heterocycles. The summed E-state index contributed by atoms with van der Waals surface area (Å²) in [6.45, 7) is 4.98. The average molecular weight is 294 g/mol. The number of rotatable bonds is 2. The maximum atomic E-state index is 3.56. The second-order valence-corrected chi connectivity index (χ2v) is 6.76. The highest BCUT2D eigenvalue weighted by atomic mass is 79.9. The highest BCUT2D eigenvalue weighted by Gasteiger charge is 2.45. The molecule has 92 valence electrons. The molecule has 1 saturated heterocycles. The van der Waals surface area contributed by atoms with Gasteiger partial charge in [-0.2, -0.15) is 0 Å². The Morgan fingerprint density at radius 3 is 2.59 bits per heavy atom. The van der Waals surface area contributed by atoms with E-state index in [4.69, 9.17) is 0 Å². The molecule has 0 radical (unpaired) electrons. The molecule has 2 aliphatic rings. The van der Waals surface area contributed by atoms with E-state index in [0.29, 0.717) is 11.5 Å². The van der Waals surface area contributed by atoms with E-state index in [1.807, 2.05) is 0 Å². The van der Waals surface area contributed by atoms with Crippen LogP contribution in [-0.4, -0.2) is 18.0 Å². The predicted molar refractivity (Wildman–Crippen MR) is 75.0 cm³/mol. The summed E-state index contributed by atoms with van der Waals surface area (Å²) >= 11 is 3.56. The first-order valence-corrected chi connectivity index (χ1v) is 7.47. The minimum atomic E-state index is 0.568. The molecule has 0 amide bonds. The molecule has 1 aromatic rings. The van der Waals surface area contributed by atoms with Gasteiger partial charge in [0.2, 0.25) is 0 Å². The number of hydrogen-bond acceptors (Lipinski definition) is 1. The number of nitrogens with zero attached hydrogens (tertiary/aromatic N) is 1. The Bertz CT molecular complexity index is 401. The highest BCUT2D eigenvalue weighted by Crippen LogP contribution is 2.48. The molecule has 2 fully saturated rings. The van der Waals surface area contributed by atoms with Gasteiger partial charge in [0, 0.05) is 23.6 Å². The molecule has 1 atom stereocenters. The van der Waals surface area contributed by atoms with Gasteiger partial charge in [0.25, 0.3) is 0 Å². The van der Waals surface area contributed by atoms with Gasteiger partial charge in [0.05, 0.1) is 0 Å². The van der Waals surface area contributed by atoms with Crippen molar-refractivity contribution in [2.45, 2.75) is 38.6 Å². The third kappa shape index (κ3) is 2.17. The molecule has 1 saturated carbocycles. The first kappa shape index (κ1) is 11.7. The van der Waals surface area contributed by atoms with Crippen LogP contribution >= 0.6 is 15.9 Å². The van der Waals surface area contributed by atoms with Crippen LogP contribution in [0.2, 0.25) is 0 Å². The SMILES string of the molecule is CC(c1cccc(Br)c1)N1CC2(CCCC2)C1. The average Bonchev–Trinajstić information content (AvgIpc) is 2.75. The summed E-state index contributed by atoms with van der Waals surface area (Å²) in [5, 5.41) is 0. The first-order chi connectivity index (χ1) is 8.19. The van der Waals surface area contributed by atoms with Crippen LogP contribution in [0.4, 0.5) is 0 Å². The fraction of sp³-hybridized carbons (Fsp3) is 0.600. The molecular weight excluding hydrogens is 274 g/mol. The standard InChI is InChI=1S/C15H20BrN/c1-12(13-5-4-6-14(16)9-13)17-10-15(11-17)7-2-3-8-15/h4-6,9,12H,2-3,7-8,10-11H2,1H3. The molecule has 1 nitrogen and oxygen atoms in total. The summed E-state index contributed by atoms with van der Waals surface area (Å²) in [6.07, 6.45) is 5.85. The second kappa shape index (κ2) is 4.40. The Labute approximate surface area is 112 Å². The minimum Gasteiger partial charge on any atom is -0.295 e. The van der Waals surface area contributed by atoms with Crippen LogP contribution in [0, 0.1) is 5.41 Å². The minimum absolute atomic E-state index is 0.568. The van der Waals surface area contributed by atoms with E-state index >= 15 is 0 Å². The molecule has 0 bridgehead atoms. The molecule has 1 aromatic carbocycles. The van der Waals surface area contributed by atoms with Gasteiger partial charge in [-0.25, -0.2) is 0 Å². The Morgan fingerprint density at radius 1 is 1.24 bits per heavy atom. The molecule has 1 aliphatic heterocycles. The number of benzene rings is 1. The van der Waals surface area contributed by atoms with Crippen LogP contribution in [-0.2, 0) is 0 Å². The summed E-state index contributed by atoms with van der Waals surface area (Å²) in [4.78, 5) is 2.63. The van der Waals surface area contributed by atoms with Crippen molar-refractivity contribution in [1.29, 1.82) is 0 Å². The van der Waals surface area contributed by atoms with Crippen molar-refractivity contribution in [3.05, 3.63) is 34.3 Å². The van der Waals surface area contributed by atoms with E-state index in [1.54, 1.807) is 0 Å². The van der Waals surface area contributed by atoms with Crippen molar-refractivity contribution >= 4 is 15.9 Å². The molecule has 1 spiro atoms. The number of likely N-dealkylation sites (tertiary alicyclic amines) is 1. The van der Waals surface area contributed by atoms with Crippen LogP contribution in [0.15, 0.2) is 28.7 Å². The molecule has 1 aliphatic carbocycles. The van der Waals surface area contributed by atoms with Crippen molar-refractivity contribution < 1.29 is 0 Å². The maximum Gasteiger partial charge on any atom is 0.0320 e. The fourth-order valence-electron chi connectivity index (χ4n) is 3.51. The third-order valence-electron chi connectivity index (χ3n) is 4.62. The van der Waals surface area contributed by atoms with E-state index in [0.717, 1.165) is 0 Å². The zero-order chi connectivity index (χ0) is 11.9. The van der Waals surface area contributed by atoms with Gasteiger partial charge in [0.1, 0.15) is 0 Å². The zero-order valence-corrected chi connectivity index (χ0v) is 12.0. The maximum absolute atomic E-state index is 3.56. The van der Waals surface area contributed by atoms with Gasteiger partial charge >= 0.3 is 0 Å². The predicted octanol–water partition coefficient (Wildman–Crippen LogP) is 4.39. The van der Waals surface area contributed by atoms with Gasteiger partial charge in [-0.15, -0.1) is 0 Å². The van der Waals surface area contributed by atoms with Crippen molar-refractivity contribution in [1.82, 2.24) is 4.90 Å². The lowest BCUT2D eigenvalue weighted by Gasteiger charge is -2.51. The van der Waals surface area contributed by atoms with Crippen LogP contribution in [0.25, 0.3) is 0 Å². The van der Waals surface area contributed by atoms with Crippen molar-refractivity contribution in [2.24, 2.45) is 5.41 Å². The molecule has 0 aromatic heterocycles. The second-order valence-electron chi connectivity index (χ2n) is 5.84. The van der Waals surface area contributed by atoms with Crippen molar-refractivity contribution in [3.63, 3.8) is 0 Å². The molecule has 0 N–H and O–H groups in total.